The van der Waals surface area contributed by atoms with E-state index >= 15 is 0 Å². The fourth-order valence-corrected chi connectivity index (χ4v) is 4.89. The first-order chi connectivity index (χ1) is 8.14. The van der Waals surface area contributed by atoms with Crippen molar-refractivity contribution in [2.45, 2.75) is 59.4 Å². The molecule has 1 amide bonds. The van der Waals surface area contributed by atoms with Crippen LogP contribution < -0.4 is 4.50 Å². The maximum absolute atomic E-state index is 12.5. The van der Waals surface area contributed by atoms with E-state index < -0.39 is 8.07 Å². The fourth-order valence-electron chi connectivity index (χ4n) is 2.05. The average Bonchev–Trinajstić information content (AvgIpc) is 2.63. The standard InChI is InChI=1S/C14H25NOSSi/c1-10(2)15(11(3)4)14(16)12-8-9-13(17-12)18(5,6)7/h8-11H,1-7H3. The van der Waals surface area contributed by atoms with Gasteiger partial charge in [0.15, 0.2) is 0 Å². The summed E-state index contributed by atoms with van der Waals surface area (Å²) < 4.78 is 1.40. The highest BCUT2D eigenvalue weighted by Crippen LogP contribution is 2.18. The van der Waals surface area contributed by atoms with Crippen molar-refractivity contribution >= 4 is 29.8 Å². The maximum Gasteiger partial charge on any atom is 0.264 e. The van der Waals surface area contributed by atoms with Crippen LogP contribution in [0, 0.1) is 0 Å². The maximum atomic E-state index is 12.5. The third-order valence-electron chi connectivity index (χ3n) is 2.90. The van der Waals surface area contributed by atoms with Crippen LogP contribution in [0.15, 0.2) is 12.1 Å². The lowest BCUT2D eigenvalue weighted by Crippen LogP contribution is -2.41. The van der Waals surface area contributed by atoms with Gasteiger partial charge in [-0.3, -0.25) is 4.79 Å². The van der Waals surface area contributed by atoms with Gasteiger partial charge in [0.25, 0.3) is 5.91 Å². The van der Waals surface area contributed by atoms with E-state index in [4.69, 9.17) is 0 Å². The molecule has 0 aliphatic carbocycles. The van der Waals surface area contributed by atoms with Crippen molar-refractivity contribution in [1.82, 2.24) is 4.90 Å². The van der Waals surface area contributed by atoms with Crippen molar-refractivity contribution in [1.29, 1.82) is 0 Å². The van der Waals surface area contributed by atoms with Gasteiger partial charge in [-0.05, 0) is 38.3 Å². The Labute approximate surface area is 116 Å². The van der Waals surface area contributed by atoms with Gasteiger partial charge in [0.1, 0.15) is 0 Å². The highest BCUT2D eigenvalue weighted by Gasteiger charge is 2.25. The summed E-state index contributed by atoms with van der Waals surface area (Å²) in [6.45, 7) is 15.2. The molecule has 1 aromatic heterocycles. The van der Waals surface area contributed by atoms with E-state index in [2.05, 4.69) is 53.4 Å². The average molecular weight is 284 g/mol. The number of amides is 1. The van der Waals surface area contributed by atoms with Gasteiger partial charge in [-0.2, -0.15) is 0 Å². The van der Waals surface area contributed by atoms with Crippen molar-refractivity contribution in [3.8, 4) is 0 Å². The molecule has 1 rings (SSSR count). The summed E-state index contributed by atoms with van der Waals surface area (Å²) >= 11 is 1.68. The molecule has 0 aliphatic rings. The van der Waals surface area contributed by atoms with Crippen molar-refractivity contribution < 1.29 is 4.79 Å². The summed E-state index contributed by atoms with van der Waals surface area (Å²) in [4.78, 5) is 15.4. The Kier molecular flexibility index (Phi) is 4.78. The minimum atomic E-state index is -1.30. The number of thiophene rings is 1. The molecule has 0 unspecified atom stereocenters. The van der Waals surface area contributed by atoms with Crippen LogP contribution in [-0.2, 0) is 0 Å². The van der Waals surface area contributed by atoms with Gasteiger partial charge in [-0.15, -0.1) is 11.3 Å². The molecule has 0 aliphatic heterocycles. The Morgan fingerprint density at radius 1 is 1.11 bits per heavy atom. The van der Waals surface area contributed by atoms with Crippen LogP contribution in [0.4, 0.5) is 0 Å². The van der Waals surface area contributed by atoms with E-state index in [1.54, 1.807) is 11.3 Å². The van der Waals surface area contributed by atoms with E-state index in [0.29, 0.717) is 0 Å². The molecule has 0 saturated carbocycles. The van der Waals surface area contributed by atoms with Crippen LogP contribution in [0.25, 0.3) is 0 Å². The first-order valence-electron chi connectivity index (χ1n) is 6.57. The summed E-state index contributed by atoms with van der Waals surface area (Å²) in [6.07, 6.45) is 0. The molecule has 0 fully saturated rings. The van der Waals surface area contributed by atoms with Gasteiger partial charge < -0.3 is 4.90 Å². The molecule has 0 spiro atoms. The monoisotopic (exact) mass is 283 g/mol. The summed E-state index contributed by atoms with van der Waals surface area (Å²) in [5.41, 5.74) is 0. The molecule has 0 saturated heterocycles. The minimum Gasteiger partial charge on any atom is -0.333 e. The third kappa shape index (κ3) is 3.45. The van der Waals surface area contributed by atoms with Gasteiger partial charge in [0.05, 0.1) is 13.0 Å². The Balaban J connectivity index is 3.00. The number of carbonyl (C=O) groups is 1. The van der Waals surface area contributed by atoms with Crippen LogP contribution in [0.5, 0.6) is 0 Å². The minimum absolute atomic E-state index is 0.175. The second-order valence-corrected chi connectivity index (χ2v) is 12.8. The molecule has 102 valence electrons. The smallest absolute Gasteiger partial charge is 0.264 e. The molecule has 0 atom stereocenters. The lowest BCUT2D eigenvalue weighted by atomic mass is 10.2. The van der Waals surface area contributed by atoms with Crippen LogP contribution >= 0.6 is 11.3 Å². The van der Waals surface area contributed by atoms with Crippen LogP contribution in [0.1, 0.15) is 37.4 Å². The molecule has 2 nitrogen and oxygen atoms in total. The molecule has 0 bridgehead atoms. The molecule has 0 N–H and O–H groups in total. The molecule has 18 heavy (non-hydrogen) atoms. The number of hydrogen-bond donors (Lipinski definition) is 0. The van der Waals surface area contributed by atoms with Crippen molar-refractivity contribution in [2.75, 3.05) is 0 Å². The molecular weight excluding hydrogens is 258 g/mol. The van der Waals surface area contributed by atoms with Gasteiger partial charge in [0, 0.05) is 12.1 Å². The topological polar surface area (TPSA) is 20.3 Å². The molecule has 0 aromatic carbocycles. The summed E-state index contributed by atoms with van der Waals surface area (Å²) in [6, 6.07) is 4.63. The van der Waals surface area contributed by atoms with E-state index in [9.17, 15) is 4.79 Å². The first-order valence-corrected chi connectivity index (χ1v) is 10.9. The van der Waals surface area contributed by atoms with Gasteiger partial charge in [-0.1, -0.05) is 25.7 Å². The van der Waals surface area contributed by atoms with Gasteiger partial charge in [-0.25, -0.2) is 0 Å². The summed E-state index contributed by atoms with van der Waals surface area (Å²) in [5, 5.41) is 0. The number of carbonyl (C=O) groups excluding carboxylic acids is 1. The van der Waals surface area contributed by atoms with Crippen LogP contribution in [0.2, 0.25) is 19.6 Å². The molecular formula is C14H25NOSSi. The SMILES string of the molecule is CC(C)N(C(=O)c1ccc([Si](C)(C)C)s1)C(C)C. The van der Waals surface area contributed by atoms with Crippen molar-refractivity contribution in [3.63, 3.8) is 0 Å². The van der Waals surface area contributed by atoms with Crippen LogP contribution in [0.3, 0.4) is 0 Å². The zero-order valence-electron chi connectivity index (χ0n) is 12.6. The van der Waals surface area contributed by atoms with Crippen molar-refractivity contribution in [3.05, 3.63) is 17.0 Å². The summed E-state index contributed by atoms with van der Waals surface area (Å²) in [5.74, 6) is 0.175. The van der Waals surface area contributed by atoms with E-state index in [0.717, 1.165) is 4.88 Å². The number of nitrogens with zero attached hydrogens (tertiary/aromatic N) is 1. The number of rotatable bonds is 4. The summed E-state index contributed by atoms with van der Waals surface area (Å²) in [7, 11) is -1.30. The van der Waals surface area contributed by atoms with E-state index in [1.165, 1.54) is 4.50 Å². The molecule has 0 radical (unpaired) electrons. The highest BCUT2D eigenvalue weighted by molar-refractivity contribution is 7.27. The second-order valence-electron chi connectivity index (χ2n) is 6.31. The van der Waals surface area contributed by atoms with E-state index in [-0.39, 0.29) is 18.0 Å². The third-order valence-corrected chi connectivity index (χ3v) is 7.58. The Hall–Kier alpha value is -0.613. The molecule has 1 heterocycles. The first kappa shape index (κ1) is 15.4. The highest BCUT2D eigenvalue weighted by atomic mass is 32.1. The largest absolute Gasteiger partial charge is 0.333 e. The predicted molar refractivity (Wildman–Crippen MR) is 83.7 cm³/mol. The Bertz CT molecular complexity index is 410. The quantitative estimate of drug-likeness (QED) is 0.774. The fraction of sp³-hybridized carbons (Fsp3) is 0.643. The lowest BCUT2D eigenvalue weighted by molar-refractivity contribution is 0.0649. The number of hydrogen-bond acceptors (Lipinski definition) is 2. The molecule has 4 heteroatoms. The Morgan fingerprint density at radius 2 is 1.61 bits per heavy atom. The van der Waals surface area contributed by atoms with E-state index in [1.807, 2.05) is 11.0 Å². The second kappa shape index (κ2) is 5.57. The normalized spacial score (nSPS) is 12.3. The zero-order valence-corrected chi connectivity index (χ0v) is 14.4. The molecule has 1 aromatic rings. The Morgan fingerprint density at radius 3 is 1.94 bits per heavy atom. The van der Waals surface area contributed by atoms with Gasteiger partial charge >= 0.3 is 0 Å². The predicted octanol–water partition coefficient (Wildman–Crippen LogP) is 3.55. The van der Waals surface area contributed by atoms with Gasteiger partial charge in [0.2, 0.25) is 0 Å². The van der Waals surface area contributed by atoms with Crippen molar-refractivity contribution in [2.24, 2.45) is 0 Å². The lowest BCUT2D eigenvalue weighted by Gasteiger charge is -2.30. The zero-order chi connectivity index (χ0) is 14.1. The van der Waals surface area contributed by atoms with Crippen LogP contribution in [-0.4, -0.2) is 31.0 Å².